The first kappa shape index (κ1) is 15.2. The number of benzene rings is 1. The minimum atomic E-state index is 0.173. The van der Waals surface area contributed by atoms with Crippen molar-refractivity contribution in [2.75, 3.05) is 14.2 Å². The minimum absolute atomic E-state index is 0.173. The molecule has 2 fully saturated rings. The van der Waals surface area contributed by atoms with Gasteiger partial charge in [-0.15, -0.1) is 0 Å². The van der Waals surface area contributed by atoms with Crippen molar-refractivity contribution in [2.24, 2.45) is 17.8 Å². The molecule has 22 heavy (non-hydrogen) atoms. The van der Waals surface area contributed by atoms with E-state index in [9.17, 15) is 4.79 Å². The summed E-state index contributed by atoms with van der Waals surface area (Å²) in [5.74, 6) is 3.89. The second kappa shape index (κ2) is 6.59. The molecule has 0 saturated heterocycles. The number of fused-ring (bicyclic) bond motifs is 2. The zero-order chi connectivity index (χ0) is 15.5. The van der Waals surface area contributed by atoms with Crippen LogP contribution in [0, 0.1) is 17.8 Å². The maximum absolute atomic E-state index is 12.2. The summed E-state index contributed by atoms with van der Waals surface area (Å²) in [5, 5.41) is 3.04. The topological polar surface area (TPSA) is 47.6 Å². The number of ether oxygens (including phenoxy) is 2. The molecule has 120 valence electrons. The monoisotopic (exact) mass is 303 g/mol. The molecule has 1 N–H and O–H groups in total. The molecule has 2 saturated carbocycles. The van der Waals surface area contributed by atoms with Crippen LogP contribution in [0.15, 0.2) is 18.2 Å². The molecule has 1 amide bonds. The predicted molar refractivity (Wildman–Crippen MR) is 84.9 cm³/mol. The van der Waals surface area contributed by atoms with Crippen molar-refractivity contribution < 1.29 is 14.3 Å². The number of carbonyl (C=O) groups is 1. The van der Waals surface area contributed by atoms with Gasteiger partial charge in [0.15, 0.2) is 11.5 Å². The summed E-state index contributed by atoms with van der Waals surface area (Å²) in [6.07, 6.45) is 6.02. The van der Waals surface area contributed by atoms with Gasteiger partial charge in [0.2, 0.25) is 5.91 Å². The molecule has 3 atom stereocenters. The van der Waals surface area contributed by atoms with E-state index in [0.29, 0.717) is 30.4 Å². The average Bonchev–Trinajstić information content (AvgIpc) is 3.15. The van der Waals surface area contributed by atoms with E-state index >= 15 is 0 Å². The van der Waals surface area contributed by atoms with Gasteiger partial charge in [0.1, 0.15) is 0 Å². The smallest absolute Gasteiger partial charge is 0.220 e. The molecule has 2 aliphatic rings. The average molecular weight is 303 g/mol. The Bertz CT molecular complexity index is 543. The van der Waals surface area contributed by atoms with Crippen LogP contribution in [0.5, 0.6) is 11.5 Å². The van der Waals surface area contributed by atoms with Gasteiger partial charge in [-0.2, -0.15) is 0 Å². The molecule has 4 nitrogen and oxygen atoms in total. The van der Waals surface area contributed by atoms with Gasteiger partial charge >= 0.3 is 0 Å². The first-order valence-electron chi connectivity index (χ1n) is 8.17. The Kier molecular flexibility index (Phi) is 4.55. The number of hydrogen-bond acceptors (Lipinski definition) is 3. The molecule has 0 unspecified atom stereocenters. The summed E-state index contributed by atoms with van der Waals surface area (Å²) in [7, 11) is 3.24. The largest absolute Gasteiger partial charge is 0.493 e. The van der Waals surface area contributed by atoms with E-state index in [1.54, 1.807) is 14.2 Å². The van der Waals surface area contributed by atoms with Gasteiger partial charge in [-0.3, -0.25) is 4.79 Å². The molecule has 0 spiro atoms. The molecule has 0 heterocycles. The normalized spacial score (nSPS) is 26.0. The highest BCUT2D eigenvalue weighted by molar-refractivity contribution is 5.76. The van der Waals surface area contributed by atoms with Gasteiger partial charge in [0, 0.05) is 13.0 Å². The van der Waals surface area contributed by atoms with Crippen molar-refractivity contribution in [3.05, 3.63) is 23.8 Å². The van der Waals surface area contributed by atoms with Gasteiger partial charge in [0.25, 0.3) is 0 Å². The van der Waals surface area contributed by atoms with Crippen LogP contribution in [0.3, 0.4) is 0 Å². The number of methoxy groups -OCH3 is 2. The standard InChI is InChI=1S/C18H25NO3/c1-21-16-6-4-13(9-17(16)22-2)11-19-18(20)10-15-8-12-3-5-14(15)7-12/h4,6,9,12,14-15H,3,5,7-8,10-11H2,1-2H3,(H,19,20)/t12-,14+,15+/m0/s1. The van der Waals surface area contributed by atoms with E-state index in [-0.39, 0.29) is 5.91 Å². The Hall–Kier alpha value is -1.71. The zero-order valence-corrected chi connectivity index (χ0v) is 13.4. The van der Waals surface area contributed by atoms with Crippen LogP contribution in [0.25, 0.3) is 0 Å². The Morgan fingerprint density at radius 1 is 1.18 bits per heavy atom. The molecule has 0 aromatic heterocycles. The fourth-order valence-electron chi connectivity index (χ4n) is 4.13. The van der Waals surface area contributed by atoms with Crippen molar-refractivity contribution in [1.29, 1.82) is 0 Å². The Labute approximate surface area is 132 Å². The zero-order valence-electron chi connectivity index (χ0n) is 13.4. The number of hydrogen-bond donors (Lipinski definition) is 1. The molecule has 1 aromatic carbocycles. The van der Waals surface area contributed by atoms with E-state index in [4.69, 9.17) is 9.47 Å². The minimum Gasteiger partial charge on any atom is -0.493 e. The summed E-state index contributed by atoms with van der Waals surface area (Å²) in [4.78, 5) is 12.2. The van der Waals surface area contributed by atoms with Gasteiger partial charge < -0.3 is 14.8 Å². The molecular weight excluding hydrogens is 278 g/mol. The van der Waals surface area contributed by atoms with Gasteiger partial charge in [-0.05, 0) is 54.7 Å². The number of amides is 1. The summed E-state index contributed by atoms with van der Waals surface area (Å²) < 4.78 is 10.5. The molecule has 3 rings (SSSR count). The van der Waals surface area contributed by atoms with Gasteiger partial charge in [-0.1, -0.05) is 12.5 Å². The number of carbonyl (C=O) groups excluding carboxylic acids is 1. The fraction of sp³-hybridized carbons (Fsp3) is 0.611. The molecule has 0 radical (unpaired) electrons. The highest BCUT2D eigenvalue weighted by Crippen LogP contribution is 2.49. The third-order valence-electron chi connectivity index (χ3n) is 5.27. The molecule has 2 bridgehead atoms. The van der Waals surface area contributed by atoms with Crippen molar-refractivity contribution in [3.63, 3.8) is 0 Å². The Morgan fingerprint density at radius 2 is 2.00 bits per heavy atom. The lowest BCUT2D eigenvalue weighted by Gasteiger charge is -2.21. The van der Waals surface area contributed by atoms with Crippen LogP contribution >= 0.6 is 0 Å². The SMILES string of the molecule is COc1ccc(CNC(=O)C[C@H]2C[C@H]3CC[C@@H]2C3)cc1OC. The van der Waals surface area contributed by atoms with Crippen LogP contribution in [-0.2, 0) is 11.3 Å². The Balaban J connectivity index is 1.50. The second-order valence-corrected chi connectivity index (χ2v) is 6.61. The van der Waals surface area contributed by atoms with Crippen LogP contribution in [0.1, 0.15) is 37.7 Å². The summed E-state index contributed by atoms with van der Waals surface area (Å²) in [5.41, 5.74) is 1.03. The van der Waals surface area contributed by atoms with Crippen LogP contribution in [-0.4, -0.2) is 20.1 Å². The van der Waals surface area contributed by atoms with Crippen molar-refractivity contribution in [1.82, 2.24) is 5.32 Å². The lowest BCUT2D eigenvalue weighted by Crippen LogP contribution is -2.26. The summed E-state index contributed by atoms with van der Waals surface area (Å²) >= 11 is 0. The van der Waals surface area contributed by atoms with E-state index in [1.807, 2.05) is 18.2 Å². The van der Waals surface area contributed by atoms with Crippen LogP contribution < -0.4 is 14.8 Å². The highest BCUT2D eigenvalue weighted by Gasteiger charge is 2.39. The molecule has 2 aliphatic carbocycles. The molecule has 4 heteroatoms. The van der Waals surface area contributed by atoms with Gasteiger partial charge in [0.05, 0.1) is 14.2 Å². The first-order valence-corrected chi connectivity index (χ1v) is 8.17. The van der Waals surface area contributed by atoms with E-state index in [1.165, 1.54) is 25.7 Å². The predicted octanol–water partition coefficient (Wildman–Crippen LogP) is 3.15. The van der Waals surface area contributed by atoms with E-state index < -0.39 is 0 Å². The highest BCUT2D eigenvalue weighted by atomic mass is 16.5. The van der Waals surface area contributed by atoms with Crippen molar-refractivity contribution in [3.8, 4) is 11.5 Å². The lowest BCUT2D eigenvalue weighted by atomic mass is 9.86. The Morgan fingerprint density at radius 3 is 2.64 bits per heavy atom. The molecule has 0 aliphatic heterocycles. The maximum atomic E-state index is 12.2. The third kappa shape index (κ3) is 3.21. The lowest BCUT2D eigenvalue weighted by molar-refractivity contribution is -0.122. The van der Waals surface area contributed by atoms with Crippen LogP contribution in [0.4, 0.5) is 0 Å². The number of rotatable bonds is 6. The quantitative estimate of drug-likeness (QED) is 0.878. The summed E-state index contributed by atoms with van der Waals surface area (Å²) in [6, 6.07) is 5.74. The van der Waals surface area contributed by atoms with E-state index in [2.05, 4.69) is 5.32 Å². The molecule has 1 aromatic rings. The van der Waals surface area contributed by atoms with E-state index in [0.717, 1.165) is 17.4 Å². The fourth-order valence-corrected chi connectivity index (χ4v) is 4.13. The number of nitrogens with one attached hydrogen (secondary N) is 1. The van der Waals surface area contributed by atoms with Crippen molar-refractivity contribution in [2.45, 2.75) is 38.6 Å². The summed E-state index contributed by atoms with van der Waals surface area (Å²) in [6.45, 7) is 0.542. The first-order chi connectivity index (χ1) is 10.7. The van der Waals surface area contributed by atoms with Crippen molar-refractivity contribution >= 4 is 5.91 Å². The van der Waals surface area contributed by atoms with Gasteiger partial charge in [-0.25, -0.2) is 0 Å². The molecular formula is C18H25NO3. The second-order valence-electron chi connectivity index (χ2n) is 6.61. The van der Waals surface area contributed by atoms with Crippen LogP contribution in [0.2, 0.25) is 0 Å². The maximum Gasteiger partial charge on any atom is 0.220 e. The third-order valence-corrected chi connectivity index (χ3v) is 5.27.